The van der Waals surface area contributed by atoms with Gasteiger partial charge in [-0.3, -0.25) is 14.9 Å². The van der Waals surface area contributed by atoms with E-state index in [0.717, 1.165) is 12.2 Å². The maximum atomic E-state index is 12.7. The number of nitro benzene ring substituents is 1. The number of rotatable bonds is 11. The largest absolute Gasteiger partial charge is 0.494 e. The van der Waals surface area contributed by atoms with Crippen molar-refractivity contribution in [1.82, 2.24) is 0 Å². The number of amides is 1. The SMILES string of the molecule is CCOC(=O)c1c(-c2cccc([N+](=O)[O-])c2)csc1NC(=O)CCCOc1ccc(CC)cc1. The van der Waals surface area contributed by atoms with Gasteiger partial charge in [-0.05, 0) is 43.0 Å². The van der Waals surface area contributed by atoms with Crippen LogP contribution in [-0.2, 0) is 16.0 Å². The van der Waals surface area contributed by atoms with Gasteiger partial charge in [0.25, 0.3) is 5.69 Å². The van der Waals surface area contributed by atoms with Crippen molar-refractivity contribution < 1.29 is 24.0 Å². The minimum atomic E-state index is -0.598. The fourth-order valence-corrected chi connectivity index (χ4v) is 4.26. The molecule has 34 heavy (non-hydrogen) atoms. The molecular formula is C25H26N2O6S. The molecule has 0 radical (unpaired) electrons. The van der Waals surface area contributed by atoms with E-state index >= 15 is 0 Å². The normalized spacial score (nSPS) is 10.5. The predicted octanol–water partition coefficient (Wildman–Crippen LogP) is 5.86. The number of nitrogens with one attached hydrogen (secondary N) is 1. The molecule has 8 nitrogen and oxygen atoms in total. The number of esters is 1. The van der Waals surface area contributed by atoms with Crippen LogP contribution in [0.1, 0.15) is 42.6 Å². The standard InChI is InChI=1S/C25H26N2O6S/c1-3-17-10-12-20(13-11-17)33-14-6-9-22(28)26-24-23(25(29)32-4-2)21(16-34-24)18-7-5-8-19(15-18)27(30)31/h5,7-8,10-13,15-16H,3-4,6,9,14H2,1-2H3,(H,26,28). The van der Waals surface area contributed by atoms with Crippen LogP contribution in [0.15, 0.2) is 53.9 Å². The van der Waals surface area contributed by atoms with Crippen LogP contribution >= 0.6 is 11.3 Å². The summed E-state index contributed by atoms with van der Waals surface area (Å²) in [6.07, 6.45) is 1.67. The van der Waals surface area contributed by atoms with Crippen molar-refractivity contribution in [1.29, 1.82) is 0 Å². The molecule has 3 rings (SSSR count). The van der Waals surface area contributed by atoms with Gasteiger partial charge in [0.2, 0.25) is 5.91 Å². The van der Waals surface area contributed by atoms with Crippen LogP contribution in [0.2, 0.25) is 0 Å². The molecule has 3 aromatic rings. The van der Waals surface area contributed by atoms with Crippen molar-refractivity contribution in [2.45, 2.75) is 33.1 Å². The Balaban J connectivity index is 1.67. The van der Waals surface area contributed by atoms with Gasteiger partial charge in [-0.25, -0.2) is 4.79 Å². The van der Waals surface area contributed by atoms with E-state index in [-0.39, 0.29) is 30.2 Å². The number of carbonyl (C=O) groups excluding carboxylic acids is 2. The molecule has 0 saturated heterocycles. The molecule has 0 aliphatic rings. The molecule has 0 saturated carbocycles. The number of nitrogens with zero attached hydrogens (tertiary/aromatic N) is 1. The van der Waals surface area contributed by atoms with Crippen molar-refractivity contribution in [3.8, 4) is 16.9 Å². The second-order valence-corrected chi connectivity index (χ2v) is 8.26. The number of nitro groups is 1. The minimum absolute atomic E-state index is 0.0894. The predicted molar refractivity (Wildman–Crippen MR) is 132 cm³/mol. The van der Waals surface area contributed by atoms with Crippen LogP contribution < -0.4 is 10.1 Å². The molecule has 9 heteroatoms. The van der Waals surface area contributed by atoms with Gasteiger partial charge in [-0.15, -0.1) is 11.3 Å². The highest BCUT2D eigenvalue weighted by atomic mass is 32.1. The zero-order valence-corrected chi connectivity index (χ0v) is 19.9. The molecule has 1 amide bonds. The Morgan fingerprint density at radius 3 is 2.56 bits per heavy atom. The van der Waals surface area contributed by atoms with E-state index in [0.29, 0.717) is 29.2 Å². The molecule has 0 atom stereocenters. The van der Waals surface area contributed by atoms with Gasteiger partial charge in [0, 0.05) is 29.5 Å². The zero-order chi connectivity index (χ0) is 24.5. The summed E-state index contributed by atoms with van der Waals surface area (Å²) in [5, 5.41) is 16.0. The van der Waals surface area contributed by atoms with Crippen molar-refractivity contribution in [2.24, 2.45) is 0 Å². The molecule has 0 unspecified atom stereocenters. The van der Waals surface area contributed by atoms with Gasteiger partial charge in [0.05, 0.1) is 18.1 Å². The number of ether oxygens (including phenoxy) is 2. The maximum Gasteiger partial charge on any atom is 0.341 e. The minimum Gasteiger partial charge on any atom is -0.494 e. The van der Waals surface area contributed by atoms with Crippen LogP contribution in [0.5, 0.6) is 5.75 Å². The third kappa shape index (κ3) is 6.41. The molecule has 2 aromatic carbocycles. The first kappa shape index (κ1) is 24.9. The van der Waals surface area contributed by atoms with Crippen molar-refractivity contribution in [3.63, 3.8) is 0 Å². The van der Waals surface area contributed by atoms with Crippen LogP contribution in [0.4, 0.5) is 10.7 Å². The lowest BCUT2D eigenvalue weighted by Crippen LogP contribution is -2.15. The molecule has 0 aliphatic carbocycles. The Morgan fingerprint density at radius 1 is 1.12 bits per heavy atom. The molecular weight excluding hydrogens is 456 g/mol. The van der Waals surface area contributed by atoms with Crippen molar-refractivity contribution in [3.05, 3.63) is 75.2 Å². The van der Waals surface area contributed by atoms with Crippen LogP contribution in [0.3, 0.4) is 0 Å². The molecule has 0 aliphatic heterocycles. The summed E-state index contributed by atoms with van der Waals surface area (Å²) in [6, 6.07) is 13.8. The topological polar surface area (TPSA) is 108 Å². The van der Waals surface area contributed by atoms with Crippen molar-refractivity contribution >= 4 is 33.9 Å². The summed E-state index contributed by atoms with van der Waals surface area (Å²) in [5.41, 5.74) is 2.30. The Labute approximate surface area is 201 Å². The molecule has 0 bridgehead atoms. The zero-order valence-electron chi connectivity index (χ0n) is 19.0. The third-order valence-electron chi connectivity index (χ3n) is 5.04. The maximum absolute atomic E-state index is 12.7. The highest BCUT2D eigenvalue weighted by molar-refractivity contribution is 7.15. The van der Waals surface area contributed by atoms with Gasteiger partial charge in [-0.2, -0.15) is 0 Å². The summed E-state index contributed by atoms with van der Waals surface area (Å²) in [5.74, 6) is -0.107. The number of benzene rings is 2. The van der Waals surface area contributed by atoms with Gasteiger partial charge in [0.15, 0.2) is 0 Å². The van der Waals surface area contributed by atoms with E-state index in [2.05, 4.69) is 12.2 Å². The first-order valence-corrected chi connectivity index (χ1v) is 11.9. The van der Waals surface area contributed by atoms with E-state index in [1.165, 1.54) is 29.0 Å². The molecule has 0 fully saturated rings. The number of carbonyl (C=O) groups is 2. The number of aryl methyl sites for hydroxylation is 1. The monoisotopic (exact) mass is 482 g/mol. The van der Waals surface area contributed by atoms with Crippen molar-refractivity contribution in [2.75, 3.05) is 18.5 Å². The number of hydrogen-bond acceptors (Lipinski definition) is 7. The van der Waals surface area contributed by atoms with E-state index in [4.69, 9.17) is 9.47 Å². The molecule has 1 heterocycles. The lowest BCUT2D eigenvalue weighted by molar-refractivity contribution is -0.384. The Kier molecular flexibility index (Phi) is 8.75. The van der Waals surface area contributed by atoms with Crippen LogP contribution in [-0.4, -0.2) is 30.0 Å². The third-order valence-corrected chi connectivity index (χ3v) is 5.94. The number of hydrogen-bond donors (Lipinski definition) is 1. The summed E-state index contributed by atoms with van der Waals surface area (Å²) >= 11 is 1.17. The van der Waals surface area contributed by atoms with Gasteiger partial charge in [0.1, 0.15) is 16.3 Å². The molecule has 0 spiro atoms. The Morgan fingerprint density at radius 2 is 1.88 bits per heavy atom. The summed E-state index contributed by atoms with van der Waals surface area (Å²) in [7, 11) is 0. The van der Waals surface area contributed by atoms with Gasteiger partial charge >= 0.3 is 5.97 Å². The summed E-state index contributed by atoms with van der Waals surface area (Å²) < 4.78 is 10.9. The van der Waals surface area contributed by atoms with Crippen LogP contribution in [0, 0.1) is 10.1 Å². The highest BCUT2D eigenvalue weighted by Crippen LogP contribution is 2.37. The molecule has 178 valence electrons. The number of thiophene rings is 1. The summed E-state index contributed by atoms with van der Waals surface area (Å²) in [6.45, 7) is 4.31. The van der Waals surface area contributed by atoms with Gasteiger partial charge in [-0.1, -0.05) is 31.2 Å². The number of non-ortho nitro benzene ring substituents is 1. The smallest absolute Gasteiger partial charge is 0.341 e. The second kappa shape index (κ2) is 11.9. The van der Waals surface area contributed by atoms with Gasteiger partial charge < -0.3 is 14.8 Å². The first-order chi connectivity index (χ1) is 16.4. The Bertz CT molecular complexity index is 1160. The van der Waals surface area contributed by atoms with E-state index in [1.807, 2.05) is 24.3 Å². The quantitative estimate of drug-likeness (QED) is 0.159. The fourth-order valence-electron chi connectivity index (χ4n) is 3.29. The lowest BCUT2D eigenvalue weighted by Gasteiger charge is -2.09. The second-order valence-electron chi connectivity index (χ2n) is 7.38. The molecule has 1 aromatic heterocycles. The van der Waals surface area contributed by atoms with E-state index in [9.17, 15) is 19.7 Å². The van der Waals surface area contributed by atoms with Crippen LogP contribution in [0.25, 0.3) is 11.1 Å². The molecule has 1 N–H and O–H groups in total. The lowest BCUT2D eigenvalue weighted by atomic mass is 10.0. The average molecular weight is 483 g/mol. The average Bonchev–Trinajstić information content (AvgIpc) is 3.26. The Hall–Kier alpha value is -3.72. The first-order valence-electron chi connectivity index (χ1n) is 11.0. The van der Waals surface area contributed by atoms with E-state index in [1.54, 1.807) is 24.4 Å². The highest BCUT2D eigenvalue weighted by Gasteiger charge is 2.23. The van der Waals surface area contributed by atoms with E-state index < -0.39 is 10.9 Å². The number of anilines is 1. The summed E-state index contributed by atoms with van der Waals surface area (Å²) in [4.78, 5) is 35.8. The fraction of sp³-hybridized carbons (Fsp3) is 0.280.